The van der Waals surface area contributed by atoms with Crippen molar-refractivity contribution in [1.29, 1.82) is 0 Å². The lowest BCUT2D eigenvalue weighted by atomic mass is 9.95. The normalized spacial score (nSPS) is 25.4. The first-order chi connectivity index (χ1) is 9.66. The van der Waals surface area contributed by atoms with Gasteiger partial charge in [-0.1, -0.05) is 44.9 Å². The maximum Gasteiger partial charge on any atom is 0.312 e. The first kappa shape index (κ1) is 17.0. The highest BCUT2D eigenvalue weighted by Gasteiger charge is 2.40. The molecule has 1 N–H and O–H groups in total. The van der Waals surface area contributed by atoms with Crippen LogP contribution in [-0.4, -0.2) is 23.3 Å². The monoisotopic (exact) mass is 280 g/mol. The Morgan fingerprint density at radius 3 is 2.15 bits per heavy atom. The van der Waals surface area contributed by atoms with Gasteiger partial charge in [0.05, 0.1) is 5.92 Å². The van der Waals surface area contributed by atoms with Crippen LogP contribution in [0.25, 0.3) is 0 Å². The fourth-order valence-corrected chi connectivity index (χ4v) is 2.75. The zero-order chi connectivity index (χ0) is 14.8. The zero-order valence-corrected chi connectivity index (χ0v) is 12.6. The number of carbonyl (C=O) groups excluding carboxylic acids is 1. The van der Waals surface area contributed by atoms with E-state index in [1.807, 2.05) is 0 Å². The molecule has 20 heavy (non-hydrogen) atoms. The molecule has 1 aliphatic heterocycles. The van der Waals surface area contributed by atoms with E-state index in [0.29, 0.717) is 0 Å². The summed E-state index contributed by atoms with van der Waals surface area (Å²) < 4.78 is 5.03. The van der Waals surface area contributed by atoms with Crippen molar-refractivity contribution >= 4 is 5.97 Å². The first-order valence-corrected chi connectivity index (χ1v) is 7.99. The van der Waals surface area contributed by atoms with Gasteiger partial charge < -0.3 is 9.84 Å². The Kier molecular flexibility index (Phi) is 8.37. The topological polar surface area (TPSA) is 46.5 Å². The van der Waals surface area contributed by atoms with Crippen molar-refractivity contribution in [2.75, 3.05) is 0 Å². The second-order valence-electron chi connectivity index (χ2n) is 5.81. The Hall–Kier alpha value is -1.01. The standard InChI is InChI=1S/C17H28O3/c1-3-4-5-6-7-8-9-10-11-12-13-15-16(18)14(2)20-17(15)19/h1,14-16,18H,4-13H2,2H3/t14-,15?,16+/m0/s1. The second kappa shape index (κ2) is 9.83. The van der Waals surface area contributed by atoms with Gasteiger partial charge in [0.25, 0.3) is 0 Å². The highest BCUT2D eigenvalue weighted by molar-refractivity contribution is 5.75. The van der Waals surface area contributed by atoms with E-state index in [0.717, 1.165) is 32.1 Å². The number of terminal acetylenes is 1. The lowest BCUT2D eigenvalue weighted by Gasteiger charge is -2.11. The summed E-state index contributed by atoms with van der Waals surface area (Å²) in [6.07, 6.45) is 15.4. The highest BCUT2D eigenvalue weighted by Crippen LogP contribution is 2.26. The van der Waals surface area contributed by atoms with Gasteiger partial charge in [0.1, 0.15) is 12.2 Å². The second-order valence-corrected chi connectivity index (χ2v) is 5.81. The van der Waals surface area contributed by atoms with Crippen molar-refractivity contribution in [3.63, 3.8) is 0 Å². The summed E-state index contributed by atoms with van der Waals surface area (Å²) in [6, 6.07) is 0. The van der Waals surface area contributed by atoms with E-state index in [4.69, 9.17) is 11.2 Å². The number of unbranched alkanes of at least 4 members (excludes halogenated alkanes) is 8. The van der Waals surface area contributed by atoms with Gasteiger partial charge in [0.15, 0.2) is 0 Å². The summed E-state index contributed by atoms with van der Waals surface area (Å²) in [5.41, 5.74) is 0. The van der Waals surface area contributed by atoms with Gasteiger partial charge >= 0.3 is 5.97 Å². The molecule has 114 valence electrons. The lowest BCUT2D eigenvalue weighted by Crippen LogP contribution is -2.24. The molecule has 1 heterocycles. The van der Waals surface area contributed by atoms with E-state index >= 15 is 0 Å². The number of hydrogen-bond acceptors (Lipinski definition) is 3. The predicted molar refractivity (Wildman–Crippen MR) is 80.1 cm³/mol. The van der Waals surface area contributed by atoms with E-state index in [1.54, 1.807) is 6.92 Å². The summed E-state index contributed by atoms with van der Waals surface area (Å²) in [7, 11) is 0. The Bertz CT molecular complexity index is 319. The molecule has 0 saturated carbocycles. The van der Waals surface area contributed by atoms with E-state index < -0.39 is 6.10 Å². The average molecular weight is 280 g/mol. The van der Waals surface area contributed by atoms with E-state index in [-0.39, 0.29) is 18.0 Å². The molecule has 0 aromatic heterocycles. The average Bonchev–Trinajstić information content (AvgIpc) is 2.67. The van der Waals surface area contributed by atoms with Crippen LogP contribution in [0.4, 0.5) is 0 Å². The van der Waals surface area contributed by atoms with Gasteiger partial charge in [-0.3, -0.25) is 4.79 Å². The van der Waals surface area contributed by atoms with Crippen molar-refractivity contribution in [3.8, 4) is 12.3 Å². The highest BCUT2D eigenvalue weighted by atomic mass is 16.6. The summed E-state index contributed by atoms with van der Waals surface area (Å²) in [4.78, 5) is 11.5. The molecule has 3 atom stereocenters. The number of ether oxygens (including phenoxy) is 1. The third-order valence-electron chi connectivity index (χ3n) is 4.08. The van der Waals surface area contributed by atoms with Gasteiger partial charge in [-0.2, -0.15) is 0 Å². The number of esters is 1. The Balaban J connectivity index is 1.92. The molecule has 0 spiro atoms. The molecule has 1 rings (SSSR count). The maximum absolute atomic E-state index is 11.5. The smallest absolute Gasteiger partial charge is 0.312 e. The Labute approximate surface area is 123 Å². The third-order valence-corrected chi connectivity index (χ3v) is 4.08. The lowest BCUT2D eigenvalue weighted by molar-refractivity contribution is -0.143. The van der Waals surface area contributed by atoms with Crippen LogP contribution in [0.15, 0.2) is 0 Å². The van der Waals surface area contributed by atoms with Crippen molar-refractivity contribution in [1.82, 2.24) is 0 Å². The van der Waals surface area contributed by atoms with Crippen molar-refractivity contribution in [3.05, 3.63) is 0 Å². The Morgan fingerprint density at radius 1 is 1.10 bits per heavy atom. The van der Waals surface area contributed by atoms with E-state index in [2.05, 4.69) is 5.92 Å². The van der Waals surface area contributed by atoms with E-state index in [1.165, 1.54) is 32.1 Å². The van der Waals surface area contributed by atoms with Crippen LogP contribution in [0.2, 0.25) is 0 Å². The molecule has 1 fully saturated rings. The van der Waals surface area contributed by atoms with Crippen LogP contribution in [0.5, 0.6) is 0 Å². The van der Waals surface area contributed by atoms with Gasteiger partial charge in [0.2, 0.25) is 0 Å². The molecular weight excluding hydrogens is 252 g/mol. The quantitative estimate of drug-likeness (QED) is 0.379. The summed E-state index contributed by atoms with van der Waals surface area (Å²) >= 11 is 0. The fraction of sp³-hybridized carbons (Fsp3) is 0.824. The number of hydrogen-bond donors (Lipinski definition) is 1. The van der Waals surface area contributed by atoms with Gasteiger partial charge in [-0.25, -0.2) is 0 Å². The minimum atomic E-state index is -0.612. The molecule has 0 bridgehead atoms. The SMILES string of the molecule is C#CCCCCCCCCCCC1C(=O)O[C@@H](C)[C@H]1O. The van der Waals surface area contributed by atoms with E-state index in [9.17, 15) is 9.90 Å². The molecule has 0 aromatic carbocycles. The number of rotatable bonds is 10. The van der Waals surface area contributed by atoms with Gasteiger partial charge in [0, 0.05) is 6.42 Å². The van der Waals surface area contributed by atoms with Crippen molar-refractivity contribution < 1.29 is 14.6 Å². The van der Waals surface area contributed by atoms with Gasteiger partial charge in [-0.15, -0.1) is 12.3 Å². The molecule has 1 unspecified atom stereocenters. The van der Waals surface area contributed by atoms with Crippen LogP contribution in [0.1, 0.15) is 71.1 Å². The third kappa shape index (κ3) is 5.96. The molecule has 3 nitrogen and oxygen atoms in total. The number of aliphatic hydroxyl groups is 1. The number of aliphatic hydroxyl groups excluding tert-OH is 1. The Morgan fingerprint density at radius 2 is 1.65 bits per heavy atom. The number of cyclic esters (lactones) is 1. The minimum Gasteiger partial charge on any atom is -0.460 e. The molecule has 0 aliphatic carbocycles. The van der Waals surface area contributed by atoms with Crippen LogP contribution in [-0.2, 0) is 9.53 Å². The summed E-state index contributed by atoms with van der Waals surface area (Å²) in [5, 5.41) is 9.81. The van der Waals surface area contributed by atoms with Crippen LogP contribution in [0.3, 0.4) is 0 Å². The minimum absolute atomic E-state index is 0.224. The zero-order valence-electron chi connectivity index (χ0n) is 12.6. The van der Waals surface area contributed by atoms with Crippen LogP contribution in [0, 0.1) is 18.3 Å². The molecule has 3 heteroatoms. The summed E-state index contributed by atoms with van der Waals surface area (Å²) in [6.45, 7) is 1.75. The first-order valence-electron chi connectivity index (χ1n) is 7.99. The van der Waals surface area contributed by atoms with Crippen LogP contribution < -0.4 is 0 Å². The molecule has 0 amide bonds. The molecule has 0 aromatic rings. The molecular formula is C17H28O3. The predicted octanol–water partition coefficient (Wildman–Crippen LogP) is 3.44. The largest absolute Gasteiger partial charge is 0.460 e. The maximum atomic E-state index is 11.5. The summed E-state index contributed by atoms with van der Waals surface area (Å²) in [5.74, 6) is 2.14. The van der Waals surface area contributed by atoms with Crippen molar-refractivity contribution in [2.45, 2.75) is 83.3 Å². The molecule has 0 radical (unpaired) electrons. The van der Waals surface area contributed by atoms with Crippen molar-refractivity contribution in [2.24, 2.45) is 5.92 Å². The number of carbonyl (C=O) groups is 1. The van der Waals surface area contributed by atoms with Gasteiger partial charge in [-0.05, 0) is 19.8 Å². The molecule has 1 aliphatic rings. The molecule has 1 saturated heterocycles. The van der Waals surface area contributed by atoms with Crippen LogP contribution >= 0.6 is 0 Å². The fourth-order valence-electron chi connectivity index (χ4n) is 2.75.